The molecule has 0 fully saturated rings. The van der Waals surface area contributed by atoms with Crippen LogP contribution in [-0.2, 0) is 11.3 Å². The van der Waals surface area contributed by atoms with E-state index in [9.17, 15) is 4.79 Å². The number of nitrogens with two attached hydrogens (primary N) is 1. The molecule has 6 heteroatoms. The van der Waals surface area contributed by atoms with Gasteiger partial charge in [0.25, 0.3) is 0 Å². The summed E-state index contributed by atoms with van der Waals surface area (Å²) >= 11 is 3.44. The SMILES string of the molecule is COc1ccc(CNC(=O)C(C)C(N)c2ccccc2)cc1Br.Cl. The normalized spacial score (nSPS) is 12.7. The molecule has 1 amide bonds. The Balaban J connectivity index is 0.00000288. The summed E-state index contributed by atoms with van der Waals surface area (Å²) in [5, 5.41) is 2.93. The fourth-order valence-electron chi connectivity index (χ4n) is 2.30. The second-order valence-corrected chi connectivity index (χ2v) is 6.27. The number of halogens is 2. The fourth-order valence-corrected chi connectivity index (χ4v) is 2.89. The minimum Gasteiger partial charge on any atom is -0.496 e. The van der Waals surface area contributed by atoms with Gasteiger partial charge >= 0.3 is 0 Å². The van der Waals surface area contributed by atoms with Gasteiger partial charge in [0, 0.05) is 12.6 Å². The van der Waals surface area contributed by atoms with Crippen molar-refractivity contribution in [2.45, 2.75) is 19.5 Å². The van der Waals surface area contributed by atoms with Crippen molar-refractivity contribution in [3.8, 4) is 5.75 Å². The van der Waals surface area contributed by atoms with E-state index in [1.165, 1.54) is 0 Å². The van der Waals surface area contributed by atoms with Gasteiger partial charge in [0.05, 0.1) is 17.5 Å². The average molecular weight is 414 g/mol. The molecule has 130 valence electrons. The Labute approximate surface area is 157 Å². The van der Waals surface area contributed by atoms with Crippen LogP contribution in [0.2, 0.25) is 0 Å². The highest BCUT2D eigenvalue weighted by atomic mass is 79.9. The molecule has 0 aromatic heterocycles. The molecule has 0 radical (unpaired) electrons. The van der Waals surface area contributed by atoms with Crippen molar-refractivity contribution in [3.63, 3.8) is 0 Å². The van der Waals surface area contributed by atoms with E-state index >= 15 is 0 Å². The maximum Gasteiger partial charge on any atom is 0.225 e. The molecule has 0 heterocycles. The minimum absolute atomic E-state index is 0. The Morgan fingerprint density at radius 1 is 1.25 bits per heavy atom. The van der Waals surface area contributed by atoms with Crippen molar-refractivity contribution >= 4 is 34.2 Å². The lowest BCUT2D eigenvalue weighted by molar-refractivity contribution is -0.125. The van der Waals surface area contributed by atoms with Crippen LogP contribution in [0.1, 0.15) is 24.1 Å². The first-order valence-corrected chi connectivity index (χ1v) is 8.23. The first kappa shape index (κ1) is 20.5. The van der Waals surface area contributed by atoms with Gasteiger partial charge in [-0.3, -0.25) is 4.79 Å². The van der Waals surface area contributed by atoms with Crippen molar-refractivity contribution < 1.29 is 9.53 Å². The van der Waals surface area contributed by atoms with Crippen molar-refractivity contribution in [1.82, 2.24) is 5.32 Å². The molecule has 2 rings (SSSR count). The number of benzene rings is 2. The van der Waals surface area contributed by atoms with E-state index < -0.39 is 0 Å². The highest BCUT2D eigenvalue weighted by Crippen LogP contribution is 2.25. The zero-order valence-corrected chi connectivity index (χ0v) is 16.1. The Kier molecular flexibility index (Phi) is 8.25. The van der Waals surface area contributed by atoms with Crippen molar-refractivity contribution in [2.24, 2.45) is 11.7 Å². The number of rotatable bonds is 6. The van der Waals surface area contributed by atoms with Gasteiger partial charge in [0.1, 0.15) is 5.75 Å². The lowest BCUT2D eigenvalue weighted by atomic mass is 9.94. The second kappa shape index (κ2) is 9.67. The summed E-state index contributed by atoms with van der Waals surface area (Å²) in [6, 6.07) is 15.1. The van der Waals surface area contributed by atoms with Crippen molar-refractivity contribution in [2.75, 3.05) is 7.11 Å². The maximum atomic E-state index is 12.3. The van der Waals surface area contributed by atoms with E-state index in [2.05, 4.69) is 21.2 Å². The third kappa shape index (κ3) is 5.23. The highest BCUT2D eigenvalue weighted by Gasteiger charge is 2.21. The topological polar surface area (TPSA) is 64.3 Å². The molecule has 2 aromatic rings. The number of hydrogen-bond donors (Lipinski definition) is 2. The Morgan fingerprint density at radius 2 is 1.92 bits per heavy atom. The first-order chi connectivity index (χ1) is 11.0. The van der Waals surface area contributed by atoms with E-state index in [0.717, 1.165) is 21.3 Å². The number of amides is 1. The molecule has 2 aromatic carbocycles. The molecule has 24 heavy (non-hydrogen) atoms. The van der Waals surface area contributed by atoms with Gasteiger partial charge in [-0.05, 0) is 39.2 Å². The van der Waals surface area contributed by atoms with E-state index in [0.29, 0.717) is 6.54 Å². The summed E-state index contributed by atoms with van der Waals surface area (Å²) in [4.78, 5) is 12.3. The molecular formula is C18H22BrClN2O2. The van der Waals surface area contributed by atoms with Crippen LogP contribution in [0.15, 0.2) is 53.0 Å². The van der Waals surface area contributed by atoms with Crippen LogP contribution in [-0.4, -0.2) is 13.0 Å². The van der Waals surface area contributed by atoms with Crippen LogP contribution >= 0.6 is 28.3 Å². The minimum atomic E-state index is -0.321. The molecule has 0 saturated carbocycles. The fraction of sp³-hybridized carbons (Fsp3) is 0.278. The molecular weight excluding hydrogens is 392 g/mol. The molecule has 0 saturated heterocycles. The standard InChI is InChI=1S/C18H21BrN2O2.ClH/c1-12(17(20)14-6-4-3-5-7-14)18(22)21-11-13-8-9-16(23-2)15(19)10-13;/h3-10,12,17H,11,20H2,1-2H3,(H,21,22);1H. The van der Waals surface area contributed by atoms with Gasteiger partial charge in [0.2, 0.25) is 5.91 Å². The van der Waals surface area contributed by atoms with Gasteiger partial charge in [-0.15, -0.1) is 12.4 Å². The number of hydrogen-bond acceptors (Lipinski definition) is 3. The van der Waals surface area contributed by atoms with E-state index in [1.807, 2.05) is 55.5 Å². The van der Waals surface area contributed by atoms with Crippen LogP contribution in [0.5, 0.6) is 5.75 Å². The van der Waals surface area contributed by atoms with Crippen LogP contribution < -0.4 is 15.8 Å². The Bertz CT molecular complexity index is 667. The number of carbonyl (C=O) groups excluding carboxylic acids is 1. The molecule has 0 aliphatic rings. The smallest absolute Gasteiger partial charge is 0.225 e. The second-order valence-electron chi connectivity index (χ2n) is 5.41. The van der Waals surface area contributed by atoms with Crippen LogP contribution in [0.4, 0.5) is 0 Å². The lowest BCUT2D eigenvalue weighted by Gasteiger charge is -2.20. The largest absolute Gasteiger partial charge is 0.496 e. The molecule has 2 atom stereocenters. The van der Waals surface area contributed by atoms with Gasteiger partial charge < -0.3 is 15.8 Å². The zero-order valence-electron chi connectivity index (χ0n) is 13.7. The van der Waals surface area contributed by atoms with Crippen LogP contribution in [0.3, 0.4) is 0 Å². The Hall–Kier alpha value is -1.56. The molecule has 4 nitrogen and oxygen atoms in total. The lowest BCUT2D eigenvalue weighted by Crippen LogP contribution is -2.35. The summed E-state index contributed by atoms with van der Waals surface area (Å²) in [7, 11) is 1.62. The molecule has 0 spiro atoms. The van der Waals surface area contributed by atoms with E-state index in [1.54, 1.807) is 7.11 Å². The van der Waals surface area contributed by atoms with Crippen LogP contribution in [0.25, 0.3) is 0 Å². The van der Waals surface area contributed by atoms with Gasteiger partial charge in [-0.1, -0.05) is 43.3 Å². The quantitative estimate of drug-likeness (QED) is 0.756. The van der Waals surface area contributed by atoms with Gasteiger partial charge in [-0.25, -0.2) is 0 Å². The Morgan fingerprint density at radius 3 is 2.50 bits per heavy atom. The summed E-state index contributed by atoms with van der Waals surface area (Å²) in [5.41, 5.74) is 8.14. The molecule has 0 aliphatic heterocycles. The number of ether oxygens (including phenoxy) is 1. The first-order valence-electron chi connectivity index (χ1n) is 7.43. The predicted molar refractivity (Wildman–Crippen MR) is 102 cm³/mol. The molecule has 0 aliphatic carbocycles. The van der Waals surface area contributed by atoms with E-state index in [4.69, 9.17) is 10.5 Å². The number of methoxy groups -OCH3 is 1. The summed E-state index contributed by atoms with van der Waals surface area (Å²) in [5.74, 6) is 0.395. The summed E-state index contributed by atoms with van der Waals surface area (Å²) in [6.45, 7) is 2.30. The third-order valence-electron chi connectivity index (χ3n) is 3.82. The number of carbonyl (C=O) groups is 1. The van der Waals surface area contributed by atoms with Crippen LogP contribution in [0, 0.1) is 5.92 Å². The monoisotopic (exact) mass is 412 g/mol. The molecule has 3 N–H and O–H groups in total. The third-order valence-corrected chi connectivity index (χ3v) is 4.44. The van der Waals surface area contributed by atoms with Crippen molar-refractivity contribution in [3.05, 3.63) is 64.1 Å². The van der Waals surface area contributed by atoms with Gasteiger partial charge in [-0.2, -0.15) is 0 Å². The van der Waals surface area contributed by atoms with E-state index in [-0.39, 0.29) is 30.3 Å². The van der Waals surface area contributed by atoms with Crippen molar-refractivity contribution in [1.29, 1.82) is 0 Å². The maximum absolute atomic E-state index is 12.3. The van der Waals surface area contributed by atoms with Gasteiger partial charge in [0.15, 0.2) is 0 Å². The predicted octanol–water partition coefficient (Wildman–Crippen LogP) is 3.83. The highest BCUT2D eigenvalue weighted by molar-refractivity contribution is 9.10. The molecule has 2 unspecified atom stereocenters. The average Bonchev–Trinajstić information content (AvgIpc) is 2.59. The summed E-state index contributed by atoms with van der Waals surface area (Å²) in [6.07, 6.45) is 0. The zero-order chi connectivity index (χ0) is 16.8. The number of nitrogens with one attached hydrogen (secondary N) is 1. The summed E-state index contributed by atoms with van der Waals surface area (Å²) < 4.78 is 6.06. The molecule has 0 bridgehead atoms.